The molecule has 0 saturated carbocycles. The van der Waals surface area contributed by atoms with Crippen LogP contribution in [0.4, 0.5) is 8.78 Å². The Morgan fingerprint density at radius 3 is 2.23 bits per heavy atom. The van der Waals surface area contributed by atoms with E-state index < -0.39 is 33.4 Å². The van der Waals surface area contributed by atoms with Crippen molar-refractivity contribution in [2.24, 2.45) is 0 Å². The maximum absolute atomic E-state index is 13.8. The molecule has 2 unspecified atom stereocenters. The third kappa shape index (κ3) is 5.68. The zero-order chi connectivity index (χ0) is 21.9. The molecule has 158 valence electrons. The SMILES string of the molecule is CC(C)(C)S(=O)NC(Cc1cc(F)cc(F)c1)c1nccnc1-c1ccc(Cl)cc1. The highest BCUT2D eigenvalue weighted by Crippen LogP contribution is 2.29. The summed E-state index contributed by atoms with van der Waals surface area (Å²) in [6, 6.07) is 9.86. The maximum atomic E-state index is 13.8. The average Bonchev–Trinajstić information content (AvgIpc) is 2.66. The number of hydrogen-bond acceptors (Lipinski definition) is 3. The van der Waals surface area contributed by atoms with Crippen LogP contribution in [-0.4, -0.2) is 18.9 Å². The van der Waals surface area contributed by atoms with Crippen molar-refractivity contribution < 1.29 is 13.0 Å². The van der Waals surface area contributed by atoms with Crippen molar-refractivity contribution in [1.29, 1.82) is 0 Å². The molecular formula is C22H22ClF2N3OS. The van der Waals surface area contributed by atoms with Gasteiger partial charge in [-0.15, -0.1) is 0 Å². The van der Waals surface area contributed by atoms with Gasteiger partial charge in [0.05, 0.1) is 33.2 Å². The molecule has 0 saturated heterocycles. The average molecular weight is 450 g/mol. The minimum atomic E-state index is -1.45. The molecule has 2 atom stereocenters. The van der Waals surface area contributed by atoms with Gasteiger partial charge in [-0.1, -0.05) is 23.7 Å². The molecule has 0 aliphatic rings. The summed E-state index contributed by atoms with van der Waals surface area (Å²) in [7, 11) is -1.45. The molecular weight excluding hydrogens is 428 g/mol. The fourth-order valence-electron chi connectivity index (χ4n) is 2.90. The predicted molar refractivity (Wildman–Crippen MR) is 116 cm³/mol. The number of benzene rings is 2. The van der Waals surface area contributed by atoms with Crippen LogP contribution in [0.3, 0.4) is 0 Å². The monoisotopic (exact) mass is 449 g/mol. The zero-order valence-electron chi connectivity index (χ0n) is 16.8. The van der Waals surface area contributed by atoms with Crippen molar-refractivity contribution in [2.75, 3.05) is 0 Å². The Kier molecular flexibility index (Phi) is 6.95. The summed E-state index contributed by atoms with van der Waals surface area (Å²) in [5.74, 6) is -1.34. The summed E-state index contributed by atoms with van der Waals surface area (Å²) >= 11 is 6.00. The summed E-state index contributed by atoms with van der Waals surface area (Å²) in [6.45, 7) is 5.52. The van der Waals surface area contributed by atoms with Crippen LogP contribution in [-0.2, 0) is 17.4 Å². The molecule has 0 fully saturated rings. The Bertz CT molecular complexity index is 1030. The Labute approximate surface area is 182 Å². The molecule has 1 N–H and O–H groups in total. The van der Waals surface area contributed by atoms with Crippen LogP contribution in [0.2, 0.25) is 5.02 Å². The van der Waals surface area contributed by atoms with Crippen LogP contribution in [0, 0.1) is 11.6 Å². The minimum absolute atomic E-state index is 0.176. The summed E-state index contributed by atoms with van der Waals surface area (Å²) < 4.78 is 42.9. The molecule has 1 aromatic heterocycles. The number of nitrogens with one attached hydrogen (secondary N) is 1. The third-order valence-corrected chi connectivity index (χ3v) is 6.20. The smallest absolute Gasteiger partial charge is 0.126 e. The van der Waals surface area contributed by atoms with Crippen molar-refractivity contribution >= 4 is 22.6 Å². The molecule has 0 spiro atoms. The van der Waals surface area contributed by atoms with E-state index >= 15 is 0 Å². The minimum Gasteiger partial charge on any atom is -0.256 e. The number of aromatic nitrogens is 2. The van der Waals surface area contributed by atoms with E-state index in [4.69, 9.17) is 11.6 Å². The lowest BCUT2D eigenvalue weighted by molar-refractivity contribution is 0.565. The van der Waals surface area contributed by atoms with Gasteiger partial charge in [-0.25, -0.2) is 17.7 Å². The van der Waals surface area contributed by atoms with Gasteiger partial charge < -0.3 is 0 Å². The molecule has 0 bridgehead atoms. The second-order valence-corrected chi connectivity index (χ2v) is 10.3. The largest absolute Gasteiger partial charge is 0.256 e. The van der Waals surface area contributed by atoms with E-state index in [1.165, 1.54) is 18.3 Å². The van der Waals surface area contributed by atoms with E-state index in [1.807, 2.05) is 32.9 Å². The Hall–Kier alpha value is -2.22. The first-order chi connectivity index (χ1) is 14.1. The van der Waals surface area contributed by atoms with Gasteiger partial charge in [0, 0.05) is 29.0 Å². The second kappa shape index (κ2) is 9.29. The molecule has 0 aliphatic heterocycles. The zero-order valence-corrected chi connectivity index (χ0v) is 18.4. The Balaban J connectivity index is 2.06. The van der Waals surface area contributed by atoms with Crippen molar-refractivity contribution in [2.45, 2.75) is 38.0 Å². The molecule has 2 aromatic carbocycles. The summed E-state index contributed by atoms with van der Waals surface area (Å²) in [5, 5.41) is 0.586. The molecule has 4 nitrogen and oxygen atoms in total. The Morgan fingerprint density at radius 1 is 1.03 bits per heavy atom. The number of hydrogen-bond donors (Lipinski definition) is 1. The molecule has 3 rings (SSSR count). The van der Waals surface area contributed by atoms with Gasteiger partial charge >= 0.3 is 0 Å². The first-order valence-corrected chi connectivity index (χ1v) is 10.9. The highest BCUT2D eigenvalue weighted by Gasteiger charge is 2.27. The van der Waals surface area contributed by atoms with Gasteiger partial charge in [0.2, 0.25) is 0 Å². The first kappa shape index (κ1) is 22.5. The Morgan fingerprint density at radius 2 is 1.63 bits per heavy atom. The lowest BCUT2D eigenvalue weighted by Gasteiger charge is -2.25. The third-order valence-electron chi connectivity index (χ3n) is 4.34. The van der Waals surface area contributed by atoms with Crippen LogP contribution in [0.1, 0.15) is 38.1 Å². The van der Waals surface area contributed by atoms with Crippen LogP contribution < -0.4 is 4.72 Å². The highest BCUT2D eigenvalue weighted by atomic mass is 35.5. The van der Waals surface area contributed by atoms with E-state index in [1.54, 1.807) is 18.3 Å². The van der Waals surface area contributed by atoms with E-state index in [9.17, 15) is 13.0 Å². The summed E-state index contributed by atoms with van der Waals surface area (Å²) in [4.78, 5) is 8.93. The molecule has 0 radical (unpaired) electrons. The highest BCUT2D eigenvalue weighted by molar-refractivity contribution is 7.84. The lowest BCUT2D eigenvalue weighted by atomic mass is 9.99. The van der Waals surface area contributed by atoms with Gasteiger partial charge in [0.1, 0.15) is 11.6 Å². The predicted octanol–water partition coefficient (Wildman–Crippen LogP) is 5.41. The van der Waals surface area contributed by atoms with E-state index in [0.29, 0.717) is 22.0 Å². The molecule has 30 heavy (non-hydrogen) atoms. The van der Waals surface area contributed by atoms with E-state index in [-0.39, 0.29) is 6.42 Å². The quantitative estimate of drug-likeness (QED) is 0.547. The first-order valence-electron chi connectivity index (χ1n) is 9.33. The number of halogens is 3. The molecule has 0 amide bonds. The molecule has 8 heteroatoms. The van der Waals surface area contributed by atoms with Gasteiger partial charge in [-0.2, -0.15) is 0 Å². The number of nitrogens with zero attached hydrogens (tertiary/aromatic N) is 2. The van der Waals surface area contributed by atoms with Gasteiger partial charge in [-0.05, 0) is 57.0 Å². The van der Waals surface area contributed by atoms with E-state index in [2.05, 4.69) is 14.7 Å². The topological polar surface area (TPSA) is 54.9 Å². The van der Waals surface area contributed by atoms with Crippen LogP contribution in [0.25, 0.3) is 11.3 Å². The fraction of sp³-hybridized carbons (Fsp3) is 0.273. The van der Waals surface area contributed by atoms with Crippen molar-refractivity contribution in [3.8, 4) is 11.3 Å². The fourth-order valence-corrected chi connectivity index (χ4v) is 3.83. The summed E-state index contributed by atoms with van der Waals surface area (Å²) in [6.07, 6.45) is 3.28. The van der Waals surface area contributed by atoms with Crippen LogP contribution in [0.15, 0.2) is 54.9 Å². The normalized spacial score (nSPS) is 13.8. The van der Waals surface area contributed by atoms with Gasteiger partial charge in [0.25, 0.3) is 0 Å². The number of rotatable bonds is 6. The maximum Gasteiger partial charge on any atom is 0.126 e. The lowest BCUT2D eigenvalue weighted by Crippen LogP contribution is -2.37. The van der Waals surface area contributed by atoms with Crippen molar-refractivity contribution in [3.05, 3.63) is 82.8 Å². The van der Waals surface area contributed by atoms with Crippen LogP contribution in [0.5, 0.6) is 0 Å². The standard InChI is InChI=1S/C22H22ClF2N3OS/c1-22(2,3)30(29)28-19(12-14-10-17(24)13-18(25)11-14)21-20(26-8-9-27-21)15-4-6-16(23)7-5-15/h4-11,13,19,28H,12H2,1-3H3. The van der Waals surface area contributed by atoms with E-state index in [0.717, 1.165) is 11.6 Å². The molecule has 0 aliphatic carbocycles. The van der Waals surface area contributed by atoms with Crippen molar-refractivity contribution in [3.63, 3.8) is 0 Å². The van der Waals surface area contributed by atoms with Gasteiger partial charge in [0.15, 0.2) is 0 Å². The molecule has 3 aromatic rings. The molecule has 1 heterocycles. The van der Waals surface area contributed by atoms with Crippen LogP contribution >= 0.6 is 11.6 Å². The second-order valence-electron chi connectivity index (χ2n) is 7.83. The van der Waals surface area contributed by atoms with Crippen molar-refractivity contribution in [1.82, 2.24) is 14.7 Å². The van der Waals surface area contributed by atoms with Gasteiger partial charge in [-0.3, -0.25) is 9.97 Å². The summed E-state index contributed by atoms with van der Waals surface area (Å²) in [5.41, 5.74) is 2.31.